The lowest BCUT2D eigenvalue weighted by molar-refractivity contribution is 0.0949. The second kappa shape index (κ2) is 8.95. The first-order valence-electron chi connectivity index (χ1n) is 10.1. The summed E-state index contributed by atoms with van der Waals surface area (Å²) in [5.74, 6) is -0.268. The van der Waals surface area contributed by atoms with Gasteiger partial charge in [0.1, 0.15) is 0 Å². The summed E-state index contributed by atoms with van der Waals surface area (Å²) >= 11 is 0. The molecule has 0 spiro atoms. The molecule has 3 aromatic rings. The van der Waals surface area contributed by atoms with Crippen LogP contribution in [0.25, 0.3) is 0 Å². The monoisotopic (exact) mass is 400 g/mol. The fraction of sp³-hybridized carbons (Fsp3) is 0.231. The lowest BCUT2D eigenvalue weighted by Crippen LogP contribution is -2.23. The van der Waals surface area contributed by atoms with Crippen LogP contribution in [0.4, 0.5) is 5.69 Å². The van der Waals surface area contributed by atoms with Gasteiger partial charge in [-0.1, -0.05) is 63.2 Å². The van der Waals surface area contributed by atoms with E-state index < -0.39 is 0 Å². The van der Waals surface area contributed by atoms with Crippen LogP contribution in [0, 0.1) is 6.92 Å². The van der Waals surface area contributed by atoms with E-state index in [4.69, 9.17) is 0 Å². The van der Waals surface area contributed by atoms with Crippen molar-refractivity contribution in [3.8, 4) is 0 Å². The largest absolute Gasteiger partial charge is 0.348 e. The van der Waals surface area contributed by atoms with Gasteiger partial charge in [0.25, 0.3) is 11.8 Å². The average molecular weight is 401 g/mol. The third kappa shape index (κ3) is 5.35. The lowest BCUT2D eigenvalue weighted by atomic mass is 9.87. The molecule has 0 unspecified atom stereocenters. The third-order valence-electron chi connectivity index (χ3n) is 5.08. The number of para-hydroxylation sites is 1. The normalized spacial score (nSPS) is 11.1. The standard InChI is InChI=1S/C26H28N2O2/c1-18-7-5-6-8-23(18)28-25(30)21-11-9-19(10-12-21)17-27-24(29)20-13-15-22(16-14-20)26(2,3)4/h5-16H,17H2,1-4H3,(H,27,29)(H,28,30). The van der Waals surface area contributed by atoms with Gasteiger partial charge >= 0.3 is 0 Å². The predicted octanol–water partition coefficient (Wildman–Crippen LogP) is 5.47. The third-order valence-corrected chi connectivity index (χ3v) is 5.08. The smallest absolute Gasteiger partial charge is 0.255 e. The van der Waals surface area contributed by atoms with Crippen molar-refractivity contribution in [2.24, 2.45) is 0 Å². The van der Waals surface area contributed by atoms with Gasteiger partial charge in [-0.15, -0.1) is 0 Å². The first-order chi connectivity index (χ1) is 14.2. The molecule has 0 aliphatic carbocycles. The maximum Gasteiger partial charge on any atom is 0.255 e. The van der Waals surface area contributed by atoms with Crippen LogP contribution in [0.3, 0.4) is 0 Å². The quantitative estimate of drug-likeness (QED) is 0.596. The van der Waals surface area contributed by atoms with Crippen molar-refractivity contribution in [1.29, 1.82) is 0 Å². The molecular formula is C26H28N2O2. The summed E-state index contributed by atoms with van der Waals surface area (Å²) in [6.07, 6.45) is 0. The Labute approximate surface area is 178 Å². The van der Waals surface area contributed by atoms with Gasteiger partial charge in [-0.25, -0.2) is 0 Å². The molecular weight excluding hydrogens is 372 g/mol. The van der Waals surface area contributed by atoms with Crippen molar-refractivity contribution in [3.63, 3.8) is 0 Å². The Bertz CT molecular complexity index is 1030. The summed E-state index contributed by atoms with van der Waals surface area (Å²) in [5.41, 5.74) is 5.21. The van der Waals surface area contributed by atoms with Gasteiger partial charge in [-0.2, -0.15) is 0 Å². The van der Waals surface area contributed by atoms with E-state index >= 15 is 0 Å². The molecule has 2 N–H and O–H groups in total. The second-order valence-electron chi connectivity index (χ2n) is 8.48. The first kappa shape index (κ1) is 21.3. The van der Waals surface area contributed by atoms with Gasteiger partial charge in [0, 0.05) is 23.4 Å². The number of amides is 2. The van der Waals surface area contributed by atoms with Crippen LogP contribution in [0.5, 0.6) is 0 Å². The number of hydrogen-bond acceptors (Lipinski definition) is 2. The molecule has 4 nitrogen and oxygen atoms in total. The van der Waals surface area contributed by atoms with Crippen molar-refractivity contribution < 1.29 is 9.59 Å². The minimum absolute atomic E-state index is 0.0578. The van der Waals surface area contributed by atoms with Crippen molar-refractivity contribution in [2.75, 3.05) is 5.32 Å². The van der Waals surface area contributed by atoms with E-state index in [2.05, 4.69) is 31.4 Å². The SMILES string of the molecule is Cc1ccccc1NC(=O)c1ccc(CNC(=O)c2ccc(C(C)(C)C)cc2)cc1. The molecule has 3 aromatic carbocycles. The molecule has 0 aliphatic rings. The number of hydrogen-bond donors (Lipinski definition) is 2. The van der Waals surface area contributed by atoms with Crippen molar-refractivity contribution in [3.05, 3.63) is 101 Å². The number of carbonyl (C=O) groups is 2. The molecule has 3 rings (SSSR count). The molecule has 0 saturated carbocycles. The summed E-state index contributed by atoms with van der Waals surface area (Å²) in [7, 11) is 0. The fourth-order valence-corrected chi connectivity index (χ4v) is 3.09. The van der Waals surface area contributed by atoms with Crippen molar-refractivity contribution in [2.45, 2.75) is 39.7 Å². The van der Waals surface area contributed by atoms with Gasteiger partial charge in [-0.05, 0) is 59.4 Å². The Kier molecular flexibility index (Phi) is 6.36. The molecule has 0 saturated heterocycles. The topological polar surface area (TPSA) is 58.2 Å². The fourth-order valence-electron chi connectivity index (χ4n) is 3.09. The zero-order valence-electron chi connectivity index (χ0n) is 18.0. The number of aryl methyl sites for hydroxylation is 1. The summed E-state index contributed by atoms with van der Waals surface area (Å²) < 4.78 is 0. The highest BCUT2D eigenvalue weighted by molar-refractivity contribution is 6.04. The number of nitrogens with one attached hydrogen (secondary N) is 2. The Morgan fingerprint density at radius 1 is 0.767 bits per heavy atom. The summed E-state index contributed by atoms with van der Waals surface area (Å²) in [6.45, 7) is 8.80. The molecule has 0 aliphatic heterocycles. The number of benzene rings is 3. The number of anilines is 1. The Morgan fingerprint density at radius 2 is 1.33 bits per heavy atom. The highest BCUT2D eigenvalue weighted by Gasteiger charge is 2.14. The number of rotatable bonds is 5. The predicted molar refractivity (Wildman–Crippen MR) is 122 cm³/mol. The molecule has 0 radical (unpaired) electrons. The summed E-state index contributed by atoms with van der Waals surface area (Å²) in [6, 6.07) is 22.6. The van der Waals surface area contributed by atoms with E-state index in [0.717, 1.165) is 16.8 Å². The molecule has 30 heavy (non-hydrogen) atoms. The van der Waals surface area contributed by atoms with Gasteiger partial charge < -0.3 is 10.6 Å². The minimum Gasteiger partial charge on any atom is -0.348 e. The average Bonchev–Trinajstić information content (AvgIpc) is 2.73. The molecule has 0 fully saturated rings. The zero-order valence-corrected chi connectivity index (χ0v) is 18.0. The minimum atomic E-state index is -0.154. The number of carbonyl (C=O) groups excluding carboxylic acids is 2. The van der Waals surface area contributed by atoms with Gasteiger partial charge in [-0.3, -0.25) is 9.59 Å². The molecule has 0 bridgehead atoms. The van der Waals surface area contributed by atoms with Crippen LogP contribution in [0.2, 0.25) is 0 Å². The zero-order chi connectivity index (χ0) is 21.7. The first-order valence-corrected chi connectivity index (χ1v) is 10.1. The van der Waals surface area contributed by atoms with Crippen LogP contribution in [-0.2, 0) is 12.0 Å². The van der Waals surface area contributed by atoms with E-state index in [0.29, 0.717) is 17.7 Å². The van der Waals surface area contributed by atoms with E-state index in [-0.39, 0.29) is 17.2 Å². The molecule has 0 aromatic heterocycles. The van der Waals surface area contributed by atoms with Crippen LogP contribution in [-0.4, -0.2) is 11.8 Å². The highest BCUT2D eigenvalue weighted by atomic mass is 16.2. The van der Waals surface area contributed by atoms with Gasteiger partial charge in [0.2, 0.25) is 0 Å². The van der Waals surface area contributed by atoms with Crippen LogP contribution < -0.4 is 10.6 Å². The van der Waals surface area contributed by atoms with Crippen LogP contribution in [0.15, 0.2) is 72.8 Å². The molecule has 2 amide bonds. The molecule has 0 heterocycles. The van der Waals surface area contributed by atoms with E-state index in [9.17, 15) is 9.59 Å². The van der Waals surface area contributed by atoms with E-state index in [1.54, 1.807) is 12.1 Å². The van der Waals surface area contributed by atoms with Crippen molar-refractivity contribution >= 4 is 17.5 Å². The van der Waals surface area contributed by atoms with Gasteiger partial charge in [0.05, 0.1) is 0 Å². The van der Waals surface area contributed by atoms with Crippen molar-refractivity contribution in [1.82, 2.24) is 5.32 Å². The highest BCUT2D eigenvalue weighted by Crippen LogP contribution is 2.22. The molecule has 154 valence electrons. The van der Waals surface area contributed by atoms with Crippen LogP contribution in [0.1, 0.15) is 58.2 Å². The lowest BCUT2D eigenvalue weighted by Gasteiger charge is -2.19. The molecule has 4 heteroatoms. The summed E-state index contributed by atoms with van der Waals surface area (Å²) in [4.78, 5) is 24.9. The Balaban J connectivity index is 1.57. The Hall–Kier alpha value is -3.40. The van der Waals surface area contributed by atoms with E-state index in [1.165, 1.54) is 5.56 Å². The maximum atomic E-state index is 12.4. The second-order valence-corrected chi connectivity index (χ2v) is 8.48. The van der Waals surface area contributed by atoms with Crippen LogP contribution >= 0.6 is 0 Å². The Morgan fingerprint density at radius 3 is 1.93 bits per heavy atom. The van der Waals surface area contributed by atoms with E-state index in [1.807, 2.05) is 67.6 Å². The van der Waals surface area contributed by atoms with Gasteiger partial charge in [0.15, 0.2) is 0 Å². The summed E-state index contributed by atoms with van der Waals surface area (Å²) in [5, 5.41) is 5.85. The molecule has 0 atom stereocenters. The maximum absolute atomic E-state index is 12.4.